The standard InChI is InChI=1S/C20H17ClN2O2/c1-15-12-13-16(21)14-19(15)20(24)22-23(17-8-4-2-5-9-17)25-18-10-6-3-7-11-18/h2-14H,1H3,(H,22,24). The summed E-state index contributed by atoms with van der Waals surface area (Å²) in [4.78, 5) is 18.5. The Balaban J connectivity index is 1.87. The first kappa shape index (κ1) is 16.9. The van der Waals surface area contributed by atoms with Crippen molar-refractivity contribution in [2.45, 2.75) is 6.92 Å². The van der Waals surface area contributed by atoms with E-state index in [0.29, 0.717) is 22.0 Å². The molecule has 0 aliphatic carbocycles. The van der Waals surface area contributed by atoms with E-state index < -0.39 is 0 Å². The molecule has 126 valence electrons. The number of hydrazine groups is 1. The maximum Gasteiger partial charge on any atom is 0.272 e. The summed E-state index contributed by atoms with van der Waals surface area (Å²) >= 11 is 6.02. The smallest absolute Gasteiger partial charge is 0.272 e. The van der Waals surface area contributed by atoms with Gasteiger partial charge in [0.05, 0.1) is 5.69 Å². The molecule has 5 heteroatoms. The highest BCUT2D eigenvalue weighted by Gasteiger charge is 2.16. The molecule has 0 heterocycles. The number of anilines is 1. The third-order valence-corrected chi connectivity index (χ3v) is 3.81. The molecule has 0 saturated heterocycles. The molecule has 4 nitrogen and oxygen atoms in total. The first-order chi connectivity index (χ1) is 12.1. The van der Waals surface area contributed by atoms with Gasteiger partial charge in [-0.05, 0) is 48.9 Å². The van der Waals surface area contributed by atoms with Crippen LogP contribution in [0.25, 0.3) is 0 Å². The van der Waals surface area contributed by atoms with Gasteiger partial charge in [-0.2, -0.15) is 0 Å². The predicted octanol–water partition coefficient (Wildman–Crippen LogP) is 4.79. The lowest BCUT2D eigenvalue weighted by molar-refractivity contribution is 0.0895. The molecule has 0 fully saturated rings. The van der Waals surface area contributed by atoms with Gasteiger partial charge in [0.2, 0.25) is 0 Å². The van der Waals surface area contributed by atoms with Crippen LogP contribution < -0.4 is 15.4 Å². The highest BCUT2D eigenvalue weighted by Crippen LogP contribution is 2.19. The molecule has 1 amide bonds. The van der Waals surface area contributed by atoms with E-state index >= 15 is 0 Å². The summed E-state index contributed by atoms with van der Waals surface area (Å²) in [5.74, 6) is 0.300. The second kappa shape index (κ2) is 7.73. The fourth-order valence-electron chi connectivity index (χ4n) is 2.28. The zero-order valence-corrected chi connectivity index (χ0v) is 14.4. The van der Waals surface area contributed by atoms with Crippen molar-refractivity contribution >= 4 is 23.2 Å². The van der Waals surface area contributed by atoms with E-state index in [1.54, 1.807) is 12.1 Å². The maximum atomic E-state index is 12.7. The lowest BCUT2D eigenvalue weighted by Crippen LogP contribution is -2.45. The SMILES string of the molecule is Cc1ccc(Cl)cc1C(=O)NN(Oc1ccccc1)c1ccccc1. The zero-order valence-electron chi connectivity index (χ0n) is 13.6. The minimum absolute atomic E-state index is 0.306. The normalized spacial score (nSPS) is 10.2. The molecular weight excluding hydrogens is 336 g/mol. The minimum Gasteiger partial charge on any atom is -0.359 e. The van der Waals surface area contributed by atoms with E-state index in [-0.39, 0.29) is 5.91 Å². The molecule has 1 N–H and O–H groups in total. The van der Waals surface area contributed by atoms with Crippen LogP contribution in [0.5, 0.6) is 5.75 Å². The molecule has 0 radical (unpaired) electrons. The summed E-state index contributed by atoms with van der Waals surface area (Å²) in [6.07, 6.45) is 0. The number of nitrogens with zero attached hydrogens (tertiary/aromatic N) is 1. The second-order valence-corrected chi connectivity index (χ2v) is 5.87. The number of hydrogen-bond donors (Lipinski definition) is 1. The van der Waals surface area contributed by atoms with Crippen molar-refractivity contribution in [3.8, 4) is 5.75 Å². The van der Waals surface area contributed by atoms with E-state index in [1.807, 2.05) is 73.7 Å². The number of rotatable bonds is 5. The Morgan fingerprint density at radius 1 is 0.960 bits per heavy atom. The Morgan fingerprint density at radius 2 is 1.60 bits per heavy atom. The third kappa shape index (κ3) is 4.31. The van der Waals surface area contributed by atoms with E-state index in [9.17, 15) is 4.79 Å². The maximum absolute atomic E-state index is 12.7. The van der Waals surface area contributed by atoms with Gasteiger partial charge in [0.1, 0.15) is 0 Å². The van der Waals surface area contributed by atoms with Crippen molar-refractivity contribution in [3.05, 3.63) is 95.0 Å². The largest absolute Gasteiger partial charge is 0.359 e. The third-order valence-electron chi connectivity index (χ3n) is 3.58. The number of benzene rings is 3. The van der Waals surface area contributed by atoms with Crippen LogP contribution >= 0.6 is 11.6 Å². The van der Waals surface area contributed by atoms with Gasteiger partial charge in [-0.1, -0.05) is 54.1 Å². The monoisotopic (exact) mass is 352 g/mol. The van der Waals surface area contributed by atoms with Crippen molar-refractivity contribution < 1.29 is 9.63 Å². The summed E-state index contributed by atoms with van der Waals surface area (Å²) in [5.41, 5.74) is 4.79. The number of amides is 1. The molecule has 0 aromatic heterocycles. The Labute approximate surface area is 151 Å². The van der Waals surface area contributed by atoms with Crippen LogP contribution in [0.4, 0.5) is 5.69 Å². The van der Waals surface area contributed by atoms with Gasteiger partial charge in [0, 0.05) is 10.6 Å². The molecule has 0 saturated carbocycles. The first-order valence-corrected chi connectivity index (χ1v) is 8.16. The number of nitrogens with one attached hydrogen (secondary N) is 1. The predicted molar refractivity (Wildman–Crippen MR) is 99.6 cm³/mol. The molecule has 0 aliphatic rings. The highest BCUT2D eigenvalue weighted by molar-refractivity contribution is 6.31. The van der Waals surface area contributed by atoms with Crippen LogP contribution in [0.2, 0.25) is 5.02 Å². The second-order valence-electron chi connectivity index (χ2n) is 5.43. The fourth-order valence-corrected chi connectivity index (χ4v) is 2.45. The molecule has 0 bridgehead atoms. The molecule has 3 rings (SSSR count). The number of hydrogen-bond acceptors (Lipinski definition) is 3. The summed E-state index contributed by atoms with van der Waals surface area (Å²) in [6.45, 7) is 1.86. The molecule has 3 aromatic rings. The number of carbonyl (C=O) groups is 1. The van der Waals surface area contributed by atoms with E-state index in [1.165, 1.54) is 5.17 Å². The van der Waals surface area contributed by atoms with Crippen LogP contribution in [-0.2, 0) is 0 Å². The van der Waals surface area contributed by atoms with Crippen molar-refractivity contribution in [1.29, 1.82) is 0 Å². The van der Waals surface area contributed by atoms with Gasteiger partial charge in [0.25, 0.3) is 5.91 Å². The van der Waals surface area contributed by atoms with Crippen molar-refractivity contribution in [1.82, 2.24) is 5.43 Å². The average molecular weight is 353 g/mol. The van der Waals surface area contributed by atoms with E-state index in [4.69, 9.17) is 16.4 Å². The van der Waals surface area contributed by atoms with Crippen molar-refractivity contribution in [2.75, 3.05) is 5.17 Å². The fraction of sp³-hybridized carbons (Fsp3) is 0.0500. The summed E-state index contributed by atoms with van der Waals surface area (Å²) in [6, 6.07) is 23.8. The Bertz CT molecular complexity index is 854. The topological polar surface area (TPSA) is 41.6 Å². The number of halogens is 1. The van der Waals surface area contributed by atoms with Crippen LogP contribution in [0.15, 0.2) is 78.9 Å². The van der Waals surface area contributed by atoms with Crippen LogP contribution in [0, 0.1) is 6.92 Å². The van der Waals surface area contributed by atoms with Gasteiger partial charge in [-0.15, -0.1) is 5.17 Å². The van der Waals surface area contributed by atoms with Crippen LogP contribution in [-0.4, -0.2) is 5.91 Å². The molecule has 0 spiro atoms. The van der Waals surface area contributed by atoms with Gasteiger partial charge in [-0.25, -0.2) is 5.43 Å². The Hall–Kier alpha value is -2.98. The summed E-state index contributed by atoms with van der Waals surface area (Å²) < 4.78 is 0. The van der Waals surface area contributed by atoms with E-state index in [2.05, 4.69) is 5.43 Å². The first-order valence-electron chi connectivity index (χ1n) is 7.79. The molecule has 25 heavy (non-hydrogen) atoms. The molecule has 0 atom stereocenters. The number of carbonyl (C=O) groups excluding carboxylic acids is 1. The van der Waals surface area contributed by atoms with Crippen molar-refractivity contribution in [3.63, 3.8) is 0 Å². The number of aryl methyl sites for hydroxylation is 1. The average Bonchev–Trinajstić information content (AvgIpc) is 2.64. The zero-order chi connectivity index (χ0) is 17.6. The van der Waals surface area contributed by atoms with Crippen LogP contribution in [0.3, 0.4) is 0 Å². The summed E-state index contributed by atoms with van der Waals surface area (Å²) in [5, 5.41) is 1.85. The van der Waals surface area contributed by atoms with Gasteiger partial charge in [0.15, 0.2) is 5.75 Å². The summed E-state index contributed by atoms with van der Waals surface area (Å²) in [7, 11) is 0. The molecular formula is C20H17ClN2O2. The molecule has 3 aromatic carbocycles. The minimum atomic E-state index is -0.306. The van der Waals surface area contributed by atoms with E-state index in [0.717, 1.165) is 5.56 Å². The lowest BCUT2D eigenvalue weighted by Gasteiger charge is -2.24. The van der Waals surface area contributed by atoms with Gasteiger partial charge < -0.3 is 4.84 Å². The number of para-hydroxylation sites is 2. The Kier molecular flexibility index (Phi) is 5.21. The molecule has 0 unspecified atom stereocenters. The van der Waals surface area contributed by atoms with Crippen molar-refractivity contribution in [2.24, 2.45) is 0 Å². The van der Waals surface area contributed by atoms with Crippen LogP contribution in [0.1, 0.15) is 15.9 Å². The highest BCUT2D eigenvalue weighted by atomic mass is 35.5. The van der Waals surface area contributed by atoms with Gasteiger partial charge in [-0.3, -0.25) is 4.79 Å². The molecule has 0 aliphatic heterocycles. The quantitative estimate of drug-likeness (QED) is 0.671. The Morgan fingerprint density at radius 3 is 2.28 bits per heavy atom. The lowest BCUT2D eigenvalue weighted by atomic mass is 10.1. The van der Waals surface area contributed by atoms with Gasteiger partial charge >= 0.3 is 0 Å².